The summed E-state index contributed by atoms with van der Waals surface area (Å²) in [5.41, 5.74) is 0.227. The van der Waals surface area contributed by atoms with Gasteiger partial charge in [-0.25, -0.2) is 4.98 Å². The molecule has 5 heteroatoms. The summed E-state index contributed by atoms with van der Waals surface area (Å²) in [7, 11) is 0. The van der Waals surface area contributed by atoms with Crippen molar-refractivity contribution in [1.29, 1.82) is 0 Å². The molecule has 1 atom stereocenters. The van der Waals surface area contributed by atoms with Crippen LogP contribution in [0.15, 0.2) is 10.9 Å². The largest absolute Gasteiger partial charge is 0.481 e. The first-order valence-corrected chi connectivity index (χ1v) is 5.40. The number of aromatic nitrogens is 2. The van der Waals surface area contributed by atoms with Gasteiger partial charge in [0, 0.05) is 18.5 Å². The average molecular weight is 222 g/mol. The van der Waals surface area contributed by atoms with Gasteiger partial charge in [-0.1, -0.05) is 6.92 Å². The fourth-order valence-electron chi connectivity index (χ4n) is 2.10. The molecule has 1 aromatic heterocycles. The maximum absolute atomic E-state index is 11.7. The molecule has 5 nitrogen and oxygen atoms in total. The number of carbonyl (C=O) groups is 1. The van der Waals surface area contributed by atoms with Crippen molar-refractivity contribution in [3.63, 3.8) is 0 Å². The van der Waals surface area contributed by atoms with E-state index < -0.39 is 5.97 Å². The predicted octanol–water partition coefficient (Wildman–Crippen LogP) is 0.768. The molecule has 2 heterocycles. The highest BCUT2D eigenvalue weighted by atomic mass is 16.4. The maximum atomic E-state index is 11.7. The molecule has 1 unspecified atom stereocenters. The number of aliphatic carboxylic acids is 1. The van der Waals surface area contributed by atoms with Crippen LogP contribution in [0.25, 0.3) is 0 Å². The molecule has 0 saturated heterocycles. The van der Waals surface area contributed by atoms with Crippen molar-refractivity contribution in [3.8, 4) is 0 Å². The van der Waals surface area contributed by atoms with Gasteiger partial charge in [-0.15, -0.1) is 0 Å². The molecular formula is C11H14N2O3. The minimum absolute atomic E-state index is 0.132. The fourth-order valence-corrected chi connectivity index (χ4v) is 2.10. The van der Waals surface area contributed by atoms with Crippen LogP contribution in [0.4, 0.5) is 0 Å². The SMILES string of the molecule is CC1CCCn2c1nc(CC(=O)O)cc2=O. The lowest BCUT2D eigenvalue weighted by atomic mass is 10.0. The van der Waals surface area contributed by atoms with Crippen molar-refractivity contribution in [2.24, 2.45) is 0 Å². The number of hydrogen-bond donors (Lipinski definition) is 1. The third-order valence-electron chi connectivity index (χ3n) is 2.88. The summed E-state index contributed by atoms with van der Waals surface area (Å²) >= 11 is 0. The topological polar surface area (TPSA) is 72.2 Å². The second kappa shape index (κ2) is 4.08. The normalized spacial score (nSPS) is 19.2. The van der Waals surface area contributed by atoms with Crippen molar-refractivity contribution >= 4 is 5.97 Å². The van der Waals surface area contributed by atoms with E-state index in [2.05, 4.69) is 4.98 Å². The zero-order valence-corrected chi connectivity index (χ0v) is 9.14. The molecule has 1 aliphatic rings. The Labute approximate surface area is 92.7 Å². The Morgan fingerprint density at radius 1 is 1.69 bits per heavy atom. The highest BCUT2D eigenvalue weighted by molar-refractivity contribution is 5.69. The van der Waals surface area contributed by atoms with Crippen LogP contribution in [0.1, 0.15) is 37.2 Å². The van der Waals surface area contributed by atoms with E-state index in [-0.39, 0.29) is 17.9 Å². The van der Waals surface area contributed by atoms with Gasteiger partial charge in [0.25, 0.3) is 5.56 Å². The van der Waals surface area contributed by atoms with Crippen LogP contribution in [-0.2, 0) is 17.8 Å². The third kappa shape index (κ3) is 1.98. The van der Waals surface area contributed by atoms with E-state index in [9.17, 15) is 9.59 Å². The smallest absolute Gasteiger partial charge is 0.309 e. The minimum atomic E-state index is -0.958. The van der Waals surface area contributed by atoms with Gasteiger partial charge in [-0.3, -0.25) is 14.2 Å². The summed E-state index contributed by atoms with van der Waals surface area (Å²) < 4.78 is 1.65. The van der Waals surface area contributed by atoms with Gasteiger partial charge in [0.1, 0.15) is 5.82 Å². The lowest BCUT2D eigenvalue weighted by Gasteiger charge is -2.23. The molecule has 2 rings (SSSR count). The van der Waals surface area contributed by atoms with Crippen LogP contribution in [-0.4, -0.2) is 20.6 Å². The number of fused-ring (bicyclic) bond motifs is 1. The van der Waals surface area contributed by atoms with Crippen LogP contribution in [0.3, 0.4) is 0 Å². The Bertz CT molecular complexity index is 479. The molecule has 0 fully saturated rings. The maximum Gasteiger partial charge on any atom is 0.309 e. The molecule has 0 aliphatic carbocycles. The number of carboxylic acid groups (broad SMARTS) is 1. The zero-order valence-electron chi connectivity index (χ0n) is 9.14. The Morgan fingerprint density at radius 2 is 2.44 bits per heavy atom. The number of carboxylic acids is 1. The summed E-state index contributed by atoms with van der Waals surface area (Å²) in [5, 5.41) is 8.68. The summed E-state index contributed by atoms with van der Waals surface area (Å²) in [5.74, 6) is 0.00510. The first-order valence-electron chi connectivity index (χ1n) is 5.40. The highest BCUT2D eigenvalue weighted by Gasteiger charge is 2.19. The van der Waals surface area contributed by atoms with Gasteiger partial charge in [-0.05, 0) is 12.8 Å². The fraction of sp³-hybridized carbons (Fsp3) is 0.545. The minimum Gasteiger partial charge on any atom is -0.481 e. The third-order valence-corrected chi connectivity index (χ3v) is 2.88. The standard InChI is InChI=1S/C11H14N2O3/c1-7-3-2-4-13-9(14)5-8(6-10(15)16)12-11(7)13/h5,7H,2-4,6H2,1H3,(H,15,16). The molecule has 0 saturated carbocycles. The molecule has 0 spiro atoms. The molecule has 0 radical (unpaired) electrons. The first-order chi connectivity index (χ1) is 7.58. The quantitative estimate of drug-likeness (QED) is 0.802. The summed E-state index contributed by atoms with van der Waals surface area (Å²) in [4.78, 5) is 26.6. The first kappa shape index (κ1) is 10.9. The van der Waals surface area contributed by atoms with Gasteiger partial charge < -0.3 is 5.11 Å². The number of rotatable bonds is 2. The number of nitrogens with zero attached hydrogens (tertiary/aromatic N) is 2. The Kier molecular flexibility index (Phi) is 2.77. The molecule has 16 heavy (non-hydrogen) atoms. The monoisotopic (exact) mass is 222 g/mol. The van der Waals surface area contributed by atoms with Crippen LogP contribution in [0.2, 0.25) is 0 Å². The molecule has 0 aromatic carbocycles. The van der Waals surface area contributed by atoms with Crippen LogP contribution in [0, 0.1) is 0 Å². The molecular weight excluding hydrogens is 208 g/mol. The van der Waals surface area contributed by atoms with Gasteiger partial charge in [0.15, 0.2) is 0 Å². The van der Waals surface area contributed by atoms with Crippen molar-refractivity contribution in [2.45, 2.75) is 38.6 Å². The van der Waals surface area contributed by atoms with E-state index in [4.69, 9.17) is 5.11 Å². The van der Waals surface area contributed by atoms with Crippen LogP contribution >= 0.6 is 0 Å². The Balaban J connectivity index is 2.46. The lowest BCUT2D eigenvalue weighted by Crippen LogP contribution is -2.30. The zero-order chi connectivity index (χ0) is 11.7. The number of hydrogen-bond acceptors (Lipinski definition) is 3. The van der Waals surface area contributed by atoms with Gasteiger partial charge in [0.2, 0.25) is 0 Å². The lowest BCUT2D eigenvalue weighted by molar-refractivity contribution is -0.136. The molecule has 86 valence electrons. The molecule has 0 bridgehead atoms. The highest BCUT2D eigenvalue weighted by Crippen LogP contribution is 2.23. The molecule has 1 aliphatic heterocycles. The van der Waals surface area contributed by atoms with Crippen molar-refractivity contribution in [3.05, 3.63) is 27.9 Å². The summed E-state index contributed by atoms with van der Waals surface area (Å²) in [6.07, 6.45) is 1.80. The average Bonchev–Trinajstić information content (AvgIpc) is 2.19. The summed E-state index contributed by atoms with van der Waals surface area (Å²) in [6.45, 7) is 2.71. The predicted molar refractivity (Wildman–Crippen MR) is 57.5 cm³/mol. The van der Waals surface area contributed by atoms with E-state index in [1.807, 2.05) is 6.92 Å². The van der Waals surface area contributed by atoms with Gasteiger partial charge >= 0.3 is 5.97 Å². The van der Waals surface area contributed by atoms with Crippen molar-refractivity contribution in [2.75, 3.05) is 0 Å². The molecule has 1 aromatic rings. The van der Waals surface area contributed by atoms with E-state index in [0.29, 0.717) is 12.2 Å². The van der Waals surface area contributed by atoms with Gasteiger partial charge in [0.05, 0.1) is 12.1 Å². The van der Waals surface area contributed by atoms with E-state index in [1.54, 1.807) is 4.57 Å². The second-order valence-electron chi connectivity index (χ2n) is 4.21. The van der Waals surface area contributed by atoms with Crippen molar-refractivity contribution < 1.29 is 9.90 Å². The van der Waals surface area contributed by atoms with Crippen LogP contribution < -0.4 is 5.56 Å². The Morgan fingerprint density at radius 3 is 3.12 bits per heavy atom. The van der Waals surface area contributed by atoms with E-state index >= 15 is 0 Å². The summed E-state index contributed by atoms with van der Waals surface area (Å²) in [6, 6.07) is 1.33. The van der Waals surface area contributed by atoms with Crippen LogP contribution in [0.5, 0.6) is 0 Å². The van der Waals surface area contributed by atoms with E-state index in [0.717, 1.165) is 18.7 Å². The second-order valence-corrected chi connectivity index (χ2v) is 4.21. The molecule has 1 N–H and O–H groups in total. The Hall–Kier alpha value is -1.65. The van der Waals surface area contributed by atoms with E-state index in [1.165, 1.54) is 6.07 Å². The van der Waals surface area contributed by atoms with Gasteiger partial charge in [-0.2, -0.15) is 0 Å². The van der Waals surface area contributed by atoms with Crippen molar-refractivity contribution in [1.82, 2.24) is 9.55 Å². The molecule has 0 amide bonds.